The van der Waals surface area contributed by atoms with Crippen molar-refractivity contribution < 1.29 is 0 Å². The summed E-state index contributed by atoms with van der Waals surface area (Å²) in [5.74, 6) is 3.33. The molecule has 5 rings (SSSR count). The number of hydrogen-bond donors (Lipinski definition) is 0. The van der Waals surface area contributed by atoms with E-state index in [1.54, 1.807) is 11.1 Å². The summed E-state index contributed by atoms with van der Waals surface area (Å²) in [5.41, 5.74) is 6.26. The van der Waals surface area contributed by atoms with Crippen LogP contribution in [0.15, 0.2) is 48.6 Å². The molecule has 4 saturated carbocycles. The summed E-state index contributed by atoms with van der Waals surface area (Å²) in [6.45, 7) is 18.5. The van der Waals surface area contributed by atoms with Gasteiger partial charge in [-0.25, -0.2) is 0 Å². The maximum atomic E-state index is 4.11. The summed E-state index contributed by atoms with van der Waals surface area (Å²) in [6, 6.07) is 9.82. The normalized spacial score (nSPS) is 43.0. The van der Waals surface area contributed by atoms with Gasteiger partial charge in [0.25, 0.3) is 0 Å². The lowest BCUT2D eigenvalue weighted by molar-refractivity contribution is 0.0287. The molecule has 1 heteroatoms. The van der Waals surface area contributed by atoms with E-state index in [0.29, 0.717) is 22.2 Å². The van der Waals surface area contributed by atoms with Gasteiger partial charge in [-0.1, -0.05) is 63.6 Å². The molecule has 1 spiro atoms. The van der Waals surface area contributed by atoms with Gasteiger partial charge in [-0.2, -0.15) is 0 Å². The van der Waals surface area contributed by atoms with Crippen molar-refractivity contribution in [1.29, 1.82) is 0 Å². The van der Waals surface area contributed by atoms with E-state index in [2.05, 4.69) is 82.5 Å². The van der Waals surface area contributed by atoms with Crippen molar-refractivity contribution in [2.45, 2.75) is 85.5 Å². The Morgan fingerprint density at radius 3 is 2.44 bits per heavy atom. The molecule has 174 valence electrons. The van der Waals surface area contributed by atoms with Crippen molar-refractivity contribution in [3.63, 3.8) is 0 Å². The fourth-order valence-electron chi connectivity index (χ4n) is 9.85. The maximum absolute atomic E-state index is 4.11. The molecule has 0 N–H and O–H groups in total. The fourth-order valence-corrected chi connectivity index (χ4v) is 9.85. The van der Waals surface area contributed by atoms with E-state index in [1.165, 1.54) is 50.6 Å². The molecule has 1 aromatic carbocycles. The van der Waals surface area contributed by atoms with Crippen molar-refractivity contribution in [3.8, 4) is 0 Å². The zero-order valence-electron chi connectivity index (χ0n) is 21.3. The van der Waals surface area contributed by atoms with Crippen LogP contribution in [0, 0.1) is 34.0 Å². The van der Waals surface area contributed by atoms with Crippen molar-refractivity contribution >= 4 is 5.69 Å². The van der Waals surface area contributed by atoms with Crippen LogP contribution in [0.3, 0.4) is 0 Å². The van der Waals surface area contributed by atoms with Crippen molar-refractivity contribution in [2.24, 2.45) is 34.0 Å². The summed E-state index contributed by atoms with van der Waals surface area (Å²) in [5, 5.41) is 0. The topological polar surface area (TPSA) is 3.24 Å². The number of nitrogens with zero attached hydrogens (tertiary/aromatic N) is 1. The zero-order chi connectivity index (χ0) is 22.7. The van der Waals surface area contributed by atoms with Crippen LogP contribution >= 0.6 is 0 Å². The Morgan fingerprint density at radius 2 is 1.81 bits per heavy atom. The van der Waals surface area contributed by atoms with E-state index in [9.17, 15) is 0 Å². The molecule has 0 radical (unpaired) electrons. The molecule has 0 saturated heterocycles. The number of hydrogen-bond acceptors (Lipinski definition) is 1. The second-order valence-electron chi connectivity index (χ2n) is 11.8. The van der Waals surface area contributed by atoms with Crippen molar-refractivity contribution in [3.05, 3.63) is 54.1 Å². The van der Waals surface area contributed by atoms with Gasteiger partial charge in [-0.3, -0.25) is 0 Å². The summed E-state index contributed by atoms with van der Waals surface area (Å²) in [4.78, 5) is 2.47. The smallest absolute Gasteiger partial charge is 0.0366 e. The molecule has 4 aliphatic carbocycles. The molecule has 7 atom stereocenters. The van der Waals surface area contributed by atoms with Crippen molar-refractivity contribution in [1.82, 2.24) is 0 Å². The number of allylic oxidation sites excluding steroid dienone is 3. The highest BCUT2D eigenvalue weighted by Crippen LogP contribution is 2.92. The Hall–Kier alpha value is -1.50. The van der Waals surface area contributed by atoms with Crippen LogP contribution < -0.4 is 4.90 Å². The van der Waals surface area contributed by atoms with E-state index < -0.39 is 0 Å². The minimum atomic E-state index is 0.449. The lowest BCUT2D eigenvalue weighted by atomic mass is 9.56. The second kappa shape index (κ2) is 7.78. The average molecular weight is 432 g/mol. The predicted octanol–water partition coefficient (Wildman–Crippen LogP) is 8.38. The van der Waals surface area contributed by atoms with Crippen LogP contribution in [0.4, 0.5) is 5.69 Å². The van der Waals surface area contributed by atoms with E-state index in [0.717, 1.165) is 30.8 Å². The Kier molecular flexibility index (Phi) is 5.42. The highest BCUT2D eigenvalue weighted by Gasteiger charge is 2.86. The first-order valence-electron chi connectivity index (χ1n) is 13.6. The van der Waals surface area contributed by atoms with E-state index in [1.807, 2.05) is 0 Å². The Labute approximate surface area is 197 Å². The van der Waals surface area contributed by atoms with Crippen LogP contribution in [0.1, 0.15) is 91.0 Å². The highest BCUT2D eigenvalue weighted by atomic mass is 15.1. The summed E-state index contributed by atoms with van der Waals surface area (Å²) in [6.07, 6.45) is 14.2. The molecule has 32 heavy (non-hydrogen) atoms. The minimum Gasteiger partial charge on any atom is -0.372 e. The van der Waals surface area contributed by atoms with Gasteiger partial charge in [0.1, 0.15) is 0 Å². The van der Waals surface area contributed by atoms with Gasteiger partial charge in [0.15, 0.2) is 0 Å². The van der Waals surface area contributed by atoms with Crippen LogP contribution in [0.2, 0.25) is 0 Å². The largest absolute Gasteiger partial charge is 0.372 e. The Balaban J connectivity index is 1.60. The van der Waals surface area contributed by atoms with Crippen molar-refractivity contribution in [2.75, 3.05) is 18.0 Å². The average Bonchev–Trinajstić information content (AvgIpc) is 3.07. The molecule has 4 fully saturated rings. The molecule has 0 bridgehead atoms. The predicted molar refractivity (Wildman–Crippen MR) is 138 cm³/mol. The first-order chi connectivity index (χ1) is 15.4. The third-order valence-corrected chi connectivity index (χ3v) is 11.1. The summed E-state index contributed by atoms with van der Waals surface area (Å²) < 4.78 is 0. The standard InChI is InChI=1S/C31H45N/c1-7-11-24-18-20-31-27-17-12-22(5)29(27,6)21-26(28(31)30(24,31)19-8-2)23-13-15-25(16-14-23)32(9-3)10-4/h7,11,13-16,22,26-28H,1,8-10,12,17-21H2,2-6H3/b24-11-. The van der Waals surface area contributed by atoms with E-state index in [4.69, 9.17) is 0 Å². The molecule has 0 amide bonds. The monoisotopic (exact) mass is 431 g/mol. The number of anilines is 1. The lowest BCUT2D eigenvalue weighted by Gasteiger charge is -2.48. The molecule has 1 aromatic rings. The number of rotatable bonds is 7. The number of fused-ring (bicyclic) bond motifs is 2. The summed E-state index contributed by atoms with van der Waals surface area (Å²) >= 11 is 0. The quantitative estimate of drug-likeness (QED) is 0.419. The lowest BCUT2D eigenvalue weighted by Crippen LogP contribution is -2.40. The van der Waals surface area contributed by atoms with Gasteiger partial charge in [0, 0.05) is 24.2 Å². The molecule has 0 aromatic heterocycles. The molecule has 0 heterocycles. The third kappa shape index (κ3) is 2.63. The maximum Gasteiger partial charge on any atom is 0.0366 e. The first kappa shape index (κ1) is 22.3. The fraction of sp³-hybridized carbons (Fsp3) is 0.677. The molecule has 0 aliphatic heterocycles. The van der Waals surface area contributed by atoms with Gasteiger partial charge in [-0.15, -0.1) is 0 Å². The molecular formula is C31H45N. The van der Waals surface area contributed by atoms with Crippen LogP contribution in [-0.2, 0) is 0 Å². The van der Waals surface area contributed by atoms with Gasteiger partial charge in [0.05, 0.1) is 0 Å². The zero-order valence-corrected chi connectivity index (χ0v) is 21.3. The SMILES string of the molecule is C=C/C=C1/CCC23C4CCC(C)C4(C)CC(c4ccc(N(CC)CC)cc4)C2C13CCC. The van der Waals surface area contributed by atoms with Gasteiger partial charge >= 0.3 is 0 Å². The van der Waals surface area contributed by atoms with Crippen LogP contribution in [-0.4, -0.2) is 13.1 Å². The molecule has 7 unspecified atom stereocenters. The molecule has 1 nitrogen and oxygen atoms in total. The van der Waals surface area contributed by atoms with Gasteiger partial charge < -0.3 is 4.90 Å². The van der Waals surface area contributed by atoms with Crippen LogP contribution in [0.5, 0.6) is 0 Å². The summed E-state index contributed by atoms with van der Waals surface area (Å²) in [7, 11) is 0. The van der Waals surface area contributed by atoms with E-state index >= 15 is 0 Å². The van der Waals surface area contributed by atoms with Gasteiger partial charge in [-0.05, 0) is 105 Å². The minimum absolute atomic E-state index is 0.449. The van der Waals surface area contributed by atoms with E-state index in [-0.39, 0.29) is 0 Å². The second-order valence-corrected chi connectivity index (χ2v) is 11.8. The molecule has 4 aliphatic rings. The molecular weight excluding hydrogens is 386 g/mol. The third-order valence-electron chi connectivity index (χ3n) is 11.1. The van der Waals surface area contributed by atoms with Gasteiger partial charge in [0.2, 0.25) is 0 Å². The number of benzene rings is 1. The highest BCUT2D eigenvalue weighted by molar-refractivity contribution is 5.52. The Bertz CT molecular complexity index is 892. The first-order valence-corrected chi connectivity index (χ1v) is 13.6. The van der Waals surface area contributed by atoms with Crippen LogP contribution in [0.25, 0.3) is 0 Å². The Morgan fingerprint density at radius 1 is 1.09 bits per heavy atom.